The highest BCUT2D eigenvalue weighted by Crippen LogP contribution is 2.03. The van der Waals surface area contributed by atoms with Crippen LogP contribution in [0.2, 0.25) is 0 Å². The summed E-state index contributed by atoms with van der Waals surface area (Å²) in [6.45, 7) is 0.886. The minimum atomic E-state index is -1.63. The van der Waals surface area contributed by atoms with Crippen LogP contribution in [-0.4, -0.2) is 20.7 Å². The lowest BCUT2D eigenvalue weighted by Crippen LogP contribution is -2.45. The van der Waals surface area contributed by atoms with Crippen molar-refractivity contribution in [1.82, 2.24) is 5.32 Å². The van der Waals surface area contributed by atoms with Gasteiger partial charge in [-0.15, -0.1) is 0 Å². The highest BCUT2D eigenvalue weighted by atomic mass is 32.2. The van der Waals surface area contributed by atoms with E-state index in [1.165, 1.54) is 0 Å². The third kappa shape index (κ3) is 0.992. The summed E-state index contributed by atoms with van der Waals surface area (Å²) in [5.41, 5.74) is 0. The Kier molecular flexibility index (Phi) is 1.41. The molecule has 0 aromatic carbocycles. The first kappa shape index (κ1) is 5.21. The van der Waals surface area contributed by atoms with Crippen molar-refractivity contribution in [2.75, 3.05) is 6.54 Å². The quantitative estimate of drug-likeness (QED) is 0.461. The maximum Gasteiger partial charge on any atom is 0.170 e. The van der Waals surface area contributed by atoms with Gasteiger partial charge in [-0.1, -0.05) is 0 Å². The Bertz CT molecular complexity index is 90.9. The standard InChI is InChI=1S/C3H7NO2S/c5-7(6)3-1-2-4-3/h3-4H,1-2H2,(H,5,6). The van der Waals surface area contributed by atoms with Crippen LogP contribution in [0, 0.1) is 0 Å². The molecule has 0 saturated carbocycles. The van der Waals surface area contributed by atoms with Crippen molar-refractivity contribution < 1.29 is 8.76 Å². The number of rotatable bonds is 1. The molecule has 2 N–H and O–H groups in total. The molecule has 1 heterocycles. The van der Waals surface area contributed by atoms with E-state index in [2.05, 4.69) is 5.32 Å². The van der Waals surface area contributed by atoms with E-state index in [0.29, 0.717) is 0 Å². The first-order valence-electron chi connectivity index (χ1n) is 2.14. The molecule has 1 saturated heterocycles. The Hall–Kier alpha value is 0.0700. The molecule has 42 valence electrons. The van der Waals surface area contributed by atoms with E-state index >= 15 is 0 Å². The Morgan fingerprint density at radius 2 is 2.43 bits per heavy atom. The lowest BCUT2D eigenvalue weighted by Gasteiger charge is -2.23. The molecule has 0 spiro atoms. The second-order valence-electron chi connectivity index (χ2n) is 1.51. The molecule has 1 aliphatic rings. The van der Waals surface area contributed by atoms with Crippen LogP contribution in [0.1, 0.15) is 6.42 Å². The fourth-order valence-electron chi connectivity index (χ4n) is 0.434. The van der Waals surface area contributed by atoms with E-state index in [4.69, 9.17) is 4.55 Å². The van der Waals surface area contributed by atoms with Gasteiger partial charge in [-0.3, -0.25) is 0 Å². The summed E-state index contributed by atoms with van der Waals surface area (Å²) in [6, 6.07) is 0. The molecule has 7 heavy (non-hydrogen) atoms. The average Bonchev–Trinajstić information content (AvgIpc) is 1.23. The van der Waals surface area contributed by atoms with E-state index in [1.807, 2.05) is 0 Å². The summed E-state index contributed by atoms with van der Waals surface area (Å²) >= 11 is -1.63. The molecule has 1 rings (SSSR count). The van der Waals surface area contributed by atoms with Crippen LogP contribution >= 0.6 is 0 Å². The number of nitrogens with one attached hydrogen (secondary N) is 1. The maximum absolute atomic E-state index is 10.0. The van der Waals surface area contributed by atoms with Gasteiger partial charge in [-0.2, -0.15) is 0 Å². The van der Waals surface area contributed by atoms with Gasteiger partial charge in [0.1, 0.15) is 5.37 Å². The molecular weight excluding hydrogens is 114 g/mol. The summed E-state index contributed by atoms with van der Waals surface area (Å²) in [4.78, 5) is 0. The minimum absolute atomic E-state index is 0.139. The van der Waals surface area contributed by atoms with Gasteiger partial charge in [-0.25, -0.2) is 4.21 Å². The lowest BCUT2D eigenvalue weighted by atomic mass is 10.3. The molecule has 0 radical (unpaired) electrons. The van der Waals surface area contributed by atoms with Crippen LogP contribution in [0.5, 0.6) is 0 Å². The van der Waals surface area contributed by atoms with Gasteiger partial charge in [0.2, 0.25) is 0 Å². The Labute approximate surface area is 44.4 Å². The predicted octanol–water partition coefficient (Wildman–Crippen LogP) is -0.472. The molecule has 0 aromatic heterocycles. The van der Waals surface area contributed by atoms with Crippen molar-refractivity contribution in [2.45, 2.75) is 11.8 Å². The highest BCUT2D eigenvalue weighted by Gasteiger charge is 2.20. The summed E-state index contributed by atoms with van der Waals surface area (Å²) in [5, 5.41) is 2.66. The van der Waals surface area contributed by atoms with E-state index in [9.17, 15) is 4.21 Å². The number of hydrogen-bond donors (Lipinski definition) is 2. The third-order valence-corrected chi connectivity index (χ3v) is 1.91. The second kappa shape index (κ2) is 1.90. The molecule has 0 amide bonds. The topological polar surface area (TPSA) is 49.3 Å². The van der Waals surface area contributed by atoms with Gasteiger partial charge in [-0.05, 0) is 13.0 Å². The van der Waals surface area contributed by atoms with Crippen molar-refractivity contribution >= 4 is 11.1 Å². The average molecular weight is 121 g/mol. The van der Waals surface area contributed by atoms with Gasteiger partial charge in [0.15, 0.2) is 11.1 Å². The normalized spacial score (nSPS) is 34.1. The molecular formula is C3H7NO2S. The van der Waals surface area contributed by atoms with Crippen LogP contribution in [0.4, 0.5) is 0 Å². The Morgan fingerprint density at radius 3 is 2.43 bits per heavy atom. The van der Waals surface area contributed by atoms with Gasteiger partial charge < -0.3 is 9.87 Å². The van der Waals surface area contributed by atoms with E-state index in [0.717, 1.165) is 13.0 Å². The zero-order valence-electron chi connectivity index (χ0n) is 3.76. The summed E-state index contributed by atoms with van der Waals surface area (Å²) in [6.07, 6.45) is 0.836. The fraction of sp³-hybridized carbons (Fsp3) is 1.00. The second-order valence-corrected chi connectivity index (χ2v) is 2.63. The predicted molar refractivity (Wildman–Crippen MR) is 27.2 cm³/mol. The molecule has 1 aliphatic heterocycles. The molecule has 4 heteroatoms. The zero-order chi connectivity index (χ0) is 5.28. The van der Waals surface area contributed by atoms with Crippen LogP contribution in [0.25, 0.3) is 0 Å². The SMILES string of the molecule is O=S(O)C1CCN1. The minimum Gasteiger partial charge on any atom is -0.305 e. The van der Waals surface area contributed by atoms with E-state index in [1.54, 1.807) is 0 Å². The van der Waals surface area contributed by atoms with Crippen molar-refractivity contribution in [3.8, 4) is 0 Å². The monoisotopic (exact) mass is 121 g/mol. The Balaban J connectivity index is 2.27. The maximum atomic E-state index is 10.0. The van der Waals surface area contributed by atoms with Crippen molar-refractivity contribution in [3.63, 3.8) is 0 Å². The lowest BCUT2D eigenvalue weighted by molar-refractivity contribution is 0.436. The first-order chi connectivity index (χ1) is 3.30. The van der Waals surface area contributed by atoms with Crippen LogP contribution in [0.3, 0.4) is 0 Å². The number of hydrogen-bond acceptors (Lipinski definition) is 2. The molecule has 2 unspecified atom stereocenters. The largest absolute Gasteiger partial charge is 0.305 e. The van der Waals surface area contributed by atoms with Gasteiger partial charge in [0, 0.05) is 0 Å². The summed E-state index contributed by atoms with van der Waals surface area (Å²) < 4.78 is 18.3. The summed E-state index contributed by atoms with van der Waals surface area (Å²) in [5.74, 6) is 0. The van der Waals surface area contributed by atoms with Gasteiger partial charge >= 0.3 is 0 Å². The van der Waals surface area contributed by atoms with E-state index in [-0.39, 0.29) is 5.37 Å². The third-order valence-electron chi connectivity index (χ3n) is 1.02. The highest BCUT2D eigenvalue weighted by molar-refractivity contribution is 7.79. The van der Waals surface area contributed by atoms with Crippen LogP contribution in [-0.2, 0) is 11.1 Å². The van der Waals surface area contributed by atoms with Gasteiger partial charge in [0.05, 0.1) is 0 Å². The van der Waals surface area contributed by atoms with Crippen molar-refractivity contribution in [2.24, 2.45) is 0 Å². The molecule has 3 nitrogen and oxygen atoms in total. The smallest absolute Gasteiger partial charge is 0.170 e. The van der Waals surface area contributed by atoms with Crippen LogP contribution in [0.15, 0.2) is 0 Å². The fourth-order valence-corrected chi connectivity index (χ4v) is 1.01. The summed E-state index contributed by atoms with van der Waals surface area (Å²) in [7, 11) is 0. The molecule has 1 fully saturated rings. The van der Waals surface area contributed by atoms with Crippen molar-refractivity contribution in [1.29, 1.82) is 0 Å². The van der Waals surface area contributed by atoms with Crippen molar-refractivity contribution in [3.05, 3.63) is 0 Å². The molecule has 0 bridgehead atoms. The van der Waals surface area contributed by atoms with E-state index < -0.39 is 11.1 Å². The van der Waals surface area contributed by atoms with Crippen LogP contribution < -0.4 is 5.32 Å². The molecule has 0 aromatic rings. The van der Waals surface area contributed by atoms with Gasteiger partial charge in [0.25, 0.3) is 0 Å². The first-order valence-corrected chi connectivity index (χ1v) is 3.31. The molecule has 2 atom stereocenters. The molecule has 0 aliphatic carbocycles. The zero-order valence-corrected chi connectivity index (χ0v) is 4.57. The Morgan fingerprint density at radius 1 is 1.86 bits per heavy atom.